The lowest BCUT2D eigenvalue weighted by Gasteiger charge is -2.27. The third kappa shape index (κ3) is 7.58. The number of amides is 1. The van der Waals surface area contributed by atoms with Gasteiger partial charge in [0.25, 0.3) is 0 Å². The number of likely N-dealkylation sites (N-methyl/N-ethyl adjacent to an activating group) is 1. The number of halogens is 1. The number of carbonyl (C=O) groups is 2. The summed E-state index contributed by atoms with van der Waals surface area (Å²) in [5.74, 6) is -0.805. The molecule has 3 aromatic rings. The van der Waals surface area contributed by atoms with Crippen LogP contribution in [0, 0.1) is 0 Å². The maximum absolute atomic E-state index is 13.8. The highest BCUT2D eigenvalue weighted by molar-refractivity contribution is 7.58. The molecule has 2 aliphatic rings. The molecule has 15 nitrogen and oxygen atoms in total. The van der Waals surface area contributed by atoms with Crippen molar-refractivity contribution in [3.8, 4) is 5.75 Å². The van der Waals surface area contributed by atoms with Crippen LogP contribution >= 0.6 is 19.1 Å². The van der Waals surface area contributed by atoms with Crippen molar-refractivity contribution in [2.24, 2.45) is 5.73 Å². The quantitative estimate of drug-likeness (QED) is 0.0812. The van der Waals surface area contributed by atoms with Gasteiger partial charge in [0.15, 0.2) is 12.4 Å². The van der Waals surface area contributed by atoms with Crippen molar-refractivity contribution in [1.82, 2.24) is 24.5 Å². The Hall–Kier alpha value is -3.30. The van der Waals surface area contributed by atoms with Crippen LogP contribution in [0.5, 0.6) is 5.75 Å². The number of benzene rings is 1. The molecule has 1 aromatic carbocycles. The van der Waals surface area contributed by atoms with Crippen LogP contribution in [-0.4, -0.2) is 98.9 Å². The minimum absolute atomic E-state index is 0.0144. The maximum atomic E-state index is 13.8. The molecular formula is C28H37ClN7O8P. The number of nitrogens with zero attached hydrogens (tertiary/aromatic N) is 4. The highest BCUT2D eigenvalue weighted by Crippen LogP contribution is 2.43. The molecule has 17 heteroatoms. The highest BCUT2D eigenvalue weighted by Gasteiger charge is 2.45. The molecule has 45 heavy (non-hydrogen) atoms. The zero-order chi connectivity index (χ0) is 32.3. The van der Waals surface area contributed by atoms with Gasteiger partial charge in [-0.1, -0.05) is 31.0 Å². The van der Waals surface area contributed by atoms with E-state index in [0.717, 1.165) is 32.8 Å². The average molecular weight is 666 g/mol. The van der Waals surface area contributed by atoms with E-state index in [0.29, 0.717) is 16.9 Å². The van der Waals surface area contributed by atoms with Crippen molar-refractivity contribution < 1.29 is 38.4 Å². The van der Waals surface area contributed by atoms with E-state index < -0.39 is 56.3 Å². The number of nitrogens with one attached hydrogen (secondary N) is 2. The van der Waals surface area contributed by atoms with Crippen LogP contribution in [0.15, 0.2) is 42.6 Å². The molecule has 244 valence electrons. The Kier molecular flexibility index (Phi) is 10.3. The van der Waals surface area contributed by atoms with Gasteiger partial charge in [-0.25, -0.2) is 14.9 Å². The molecule has 0 radical (unpaired) electrons. The molecule has 1 amide bonds. The largest absolute Gasteiger partial charge is 0.467 e. The average Bonchev–Trinajstić information content (AvgIpc) is 3.73. The number of rotatable bonds is 12. The first-order chi connectivity index (χ1) is 21.5. The number of esters is 1. The normalized spacial score (nSPS) is 23.9. The van der Waals surface area contributed by atoms with E-state index in [1.54, 1.807) is 35.0 Å². The number of aromatic nitrogens is 3. The lowest BCUT2D eigenvalue weighted by atomic mass is 10.1. The molecule has 5 rings (SSSR count). The number of anilines is 1. The van der Waals surface area contributed by atoms with E-state index in [2.05, 4.69) is 25.1 Å². The maximum Gasteiger partial charge on any atom is 0.338 e. The van der Waals surface area contributed by atoms with Gasteiger partial charge in [-0.15, -0.1) is 0 Å². The summed E-state index contributed by atoms with van der Waals surface area (Å²) in [4.78, 5) is 35.1. The van der Waals surface area contributed by atoms with Gasteiger partial charge in [0.05, 0.1) is 12.5 Å². The van der Waals surface area contributed by atoms with E-state index in [-0.39, 0.29) is 23.6 Å². The summed E-state index contributed by atoms with van der Waals surface area (Å²) in [5.41, 5.74) is 6.18. The van der Waals surface area contributed by atoms with Gasteiger partial charge in [-0.3, -0.25) is 9.36 Å². The molecule has 1 unspecified atom stereocenters. The van der Waals surface area contributed by atoms with Crippen LogP contribution in [-0.2, 0) is 23.6 Å². The van der Waals surface area contributed by atoms with E-state index in [9.17, 15) is 24.4 Å². The summed E-state index contributed by atoms with van der Waals surface area (Å²) < 4.78 is 31.6. The summed E-state index contributed by atoms with van der Waals surface area (Å²) in [6, 6.07) is 10.1. The third-order valence-electron chi connectivity index (χ3n) is 7.86. The monoisotopic (exact) mass is 665 g/mol. The predicted molar refractivity (Wildman–Crippen MR) is 165 cm³/mol. The topological polar surface area (TPSA) is 203 Å². The zero-order valence-electron chi connectivity index (χ0n) is 24.8. The van der Waals surface area contributed by atoms with Gasteiger partial charge in [0.1, 0.15) is 41.7 Å². The van der Waals surface area contributed by atoms with Gasteiger partial charge < -0.3 is 44.7 Å². The summed E-state index contributed by atoms with van der Waals surface area (Å²) in [6.45, 7) is -0.175. The molecule has 6 N–H and O–H groups in total. The van der Waals surface area contributed by atoms with Crippen molar-refractivity contribution in [2.45, 2.75) is 62.4 Å². The number of aliphatic hydroxyl groups is 2. The summed E-state index contributed by atoms with van der Waals surface area (Å²) in [5, 5.41) is 28.4. The molecule has 2 fully saturated rings. The van der Waals surface area contributed by atoms with Gasteiger partial charge in [-0.2, -0.15) is 4.98 Å². The van der Waals surface area contributed by atoms with E-state index >= 15 is 0 Å². The molecule has 0 bridgehead atoms. The lowest BCUT2D eigenvalue weighted by molar-refractivity contribution is -0.142. The molecule has 3 heterocycles. The smallest absolute Gasteiger partial charge is 0.338 e. The van der Waals surface area contributed by atoms with Crippen molar-refractivity contribution in [3.63, 3.8) is 0 Å². The number of hydrogen-bond donors (Lipinski definition) is 5. The first-order valence-electron chi connectivity index (χ1n) is 14.5. The molecule has 2 aromatic heterocycles. The Morgan fingerprint density at radius 2 is 1.91 bits per heavy atom. The number of hydrogen-bond acceptors (Lipinski definition) is 12. The van der Waals surface area contributed by atoms with Gasteiger partial charge in [0, 0.05) is 25.8 Å². The van der Waals surface area contributed by atoms with Crippen LogP contribution in [0.2, 0.25) is 5.28 Å². The standard InChI is InChI=1S/C28H37ClN7O8P/c1-35(20(37)15-45(41,34-23(30)27(40)42-2)44-17-10-4-3-5-11-17)14-19-21(38)22(39)26(43-19)36-13-12-18-24(31-16-8-6-7-9-16)32-28(29)33-25(18)36/h3-5,10-13,16,19,21-23,26,38-39H,6-9,14-15,30H2,1-2H3,(H,34,41)(H,31,32,33)/t19-,21-,22-,23-,26-,45?/m1/s1. The molecule has 1 aliphatic carbocycles. The van der Waals surface area contributed by atoms with Crippen molar-refractivity contribution in [3.05, 3.63) is 47.9 Å². The van der Waals surface area contributed by atoms with Crippen molar-refractivity contribution in [2.75, 3.05) is 32.2 Å². The minimum Gasteiger partial charge on any atom is -0.467 e. The Labute approximate surface area is 264 Å². The summed E-state index contributed by atoms with van der Waals surface area (Å²) in [6.07, 6.45) is -1.06. The Morgan fingerprint density at radius 1 is 1.20 bits per heavy atom. The zero-order valence-corrected chi connectivity index (χ0v) is 26.4. The molecule has 6 atom stereocenters. The minimum atomic E-state index is -4.10. The van der Waals surface area contributed by atoms with E-state index in [1.165, 1.54) is 24.1 Å². The van der Waals surface area contributed by atoms with E-state index in [1.807, 2.05) is 0 Å². The fourth-order valence-electron chi connectivity index (χ4n) is 5.51. The number of carbonyl (C=O) groups excluding carboxylic acids is 2. The molecule has 1 saturated carbocycles. The molecule has 1 aliphatic heterocycles. The van der Waals surface area contributed by atoms with Crippen LogP contribution in [0.3, 0.4) is 0 Å². The molecule has 1 saturated heterocycles. The Bertz CT molecular complexity index is 1560. The Balaban J connectivity index is 1.29. The third-order valence-corrected chi connectivity index (χ3v) is 9.90. The second kappa shape index (κ2) is 14.0. The van der Waals surface area contributed by atoms with Gasteiger partial charge >= 0.3 is 13.5 Å². The van der Waals surface area contributed by atoms with Crippen LogP contribution < -0.4 is 20.7 Å². The fourth-order valence-corrected chi connectivity index (χ4v) is 7.48. The first kappa shape index (κ1) is 33.1. The van der Waals surface area contributed by atoms with Crippen LogP contribution in [0.4, 0.5) is 5.82 Å². The number of para-hydroxylation sites is 1. The number of methoxy groups -OCH3 is 1. The summed E-state index contributed by atoms with van der Waals surface area (Å²) >= 11 is 6.26. The summed E-state index contributed by atoms with van der Waals surface area (Å²) in [7, 11) is -1.57. The Morgan fingerprint density at radius 3 is 2.60 bits per heavy atom. The first-order valence-corrected chi connectivity index (χ1v) is 16.7. The van der Waals surface area contributed by atoms with Crippen LogP contribution in [0.1, 0.15) is 31.9 Å². The fraction of sp³-hybridized carbons (Fsp3) is 0.500. The predicted octanol–water partition coefficient (Wildman–Crippen LogP) is 1.84. The second-order valence-electron chi connectivity index (χ2n) is 11.1. The number of ether oxygens (including phenoxy) is 2. The van der Waals surface area contributed by atoms with Gasteiger partial charge in [0.2, 0.25) is 11.2 Å². The number of aliphatic hydroxyl groups excluding tert-OH is 2. The SMILES string of the molecule is COC(=O)[C@H](N)NP(=O)(CC(=O)N(C)C[C@H]1O[C@@H](n2ccc3c(NC4CCCC4)nc(Cl)nc32)[C@H](O)[C@@H]1O)Oc1ccccc1. The lowest BCUT2D eigenvalue weighted by Crippen LogP contribution is -2.46. The molecular weight excluding hydrogens is 629 g/mol. The van der Waals surface area contributed by atoms with Gasteiger partial charge in [-0.05, 0) is 42.6 Å². The molecule has 0 spiro atoms. The number of fused-ring (bicyclic) bond motifs is 1. The van der Waals surface area contributed by atoms with E-state index in [4.69, 9.17) is 26.6 Å². The van der Waals surface area contributed by atoms with Crippen LogP contribution in [0.25, 0.3) is 11.0 Å². The number of nitrogens with two attached hydrogens (primary N) is 1. The highest BCUT2D eigenvalue weighted by atomic mass is 35.5. The second-order valence-corrected chi connectivity index (χ2v) is 13.6. The van der Waals surface area contributed by atoms with Crippen molar-refractivity contribution in [1.29, 1.82) is 0 Å². The van der Waals surface area contributed by atoms with Crippen molar-refractivity contribution >= 4 is 47.8 Å².